The molecule has 1 fully saturated rings. The first-order valence-electron chi connectivity index (χ1n) is 14.4. The number of benzene rings is 1. The van der Waals surface area contributed by atoms with Gasteiger partial charge in [0.1, 0.15) is 22.9 Å². The maximum Gasteiger partial charge on any atom is 0.251 e. The molecular weight excluding hydrogens is 510 g/mol. The number of amides is 1. The summed E-state index contributed by atoms with van der Waals surface area (Å²) < 4.78 is 0. The zero-order valence-corrected chi connectivity index (χ0v) is 24.1. The number of nitrogens with two attached hydrogens (primary N) is 1. The van der Waals surface area contributed by atoms with Crippen molar-refractivity contribution < 1.29 is 30.0 Å². The predicted molar refractivity (Wildman–Crippen MR) is 151 cm³/mol. The van der Waals surface area contributed by atoms with E-state index >= 15 is 0 Å². The fourth-order valence-electron chi connectivity index (χ4n) is 8.24. The molecule has 0 saturated carbocycles. The van der Waals surface area contributed by atoms with Gasteiger partial charge in [-0.15, -0.1) is 0 Å². The van der Waals surface area contributed by atoms with Crippen molar-refractivity contribution in [2.24, 2.45) is 29.4 Å². The number of hydrogen-bond acceptors (Lipinski definition) is 8. The number of likely N-dealkylation sites (tertiary alicyclic amines) is 1. The molecule has 0 radical (unpaired) electrons. The number of Topliss-reactive ketones (excluding diaryl/α,β-unsaturated/α-hetero) is 1. The Kier molecular flexibility index (Phi) is 7.30. The van der Waals surface area contributed by atoms with Gasteiger partial charge in [-0.05, 0) is 101 Å². The lowest BCUT2D eigenvalue weighted by molar-refractivity contribution is -0.120. The molecular formula is C31H43N3O6. The standard InChI is InChI=1S/C31H43N3O6/c1-15(2)14-34-10-8-16(9-11-34)18-6-7-21(35)23-19(18)12-17-13-20-24(28(37)22(17)27(23)36)31(3,40)25(30(32)39)29(38)26(20)33(4)5/h6-7,15-17,20,24,26,35,37-38,40H,8-14H2,1-5H3,(H2,32,39)/t17?,20?,24?,26-,31?/m0/s1. The summed E-state index contributed by atoms with van der Waals surface area (Å²) in [6.45, 7) is 8.83. The molecule has 40 heavy (non-hydrogen) atoms. The number of fused-ring (bicyclic) bond motifs is 3. The molecule has 0 spiro atoms. The van der Waals surface area contributed by atoms with E-state index in [2.05, 4.69) is 18.7 Å². The number of ketones is 1. The highest BCUT2D eigenvalue weighted by atomic mass is 16.3. The van der Waals surface area contributed by atoms with Crippen LogP contribution < -0.4 is 5.73 Å². The molecule has 1 aromatic rings. The molecule has 1 aliphatic heterocycles. The van der Waals surface area contributed by atoms with Gasteiger partial charge < -0.3 is 31.1 Å². The van der Waals surface area contributed by atoms with E-state index in [1.807, 2.05) is 6.07 Å². The highest BCUT2D eigenvalue weighted by molar-refractivity contribution is 6.13. The quantitative estimate of drug-likeness (QED) is 0.374. The van der Waals surface area contributed by atoms with Gasteiger partial charge in [0, 0.05) is 12.1 Å². The van der Waals surface area contributed by atoms with Gasteiger partial charge in [0.05, 0.1) is 23.1 Å². The number of carbonyl (C=O) groups is 2. The van der Waals surface area contributed by atoms with Crippen molar-refractivity contribution in [3.8, 4) is 5.75 Å². The van der Waals surface area contributed by atoms with E-state index in [0.29, 0.717) is 18.8 Å². The van der Waals surface area contributed by atoms with E-state index in [1.165, 1.54) is 6.92 Å². The third-order valence-electron chi connectivity index (χ3n) is 9.72. The zero-order valence-electron chi connectivity index (χ0n) is 24.1. The van der Waals surface area contributed by atoms with Crippen molar-refractivity contribution in [2.45, 2.75) is 64.0 Å². The van der Waals surface area contributed by atoms with Gasteiger partial charge in [-0.25, -0.2) is 0 Å². The van der Waals surface area contributed by atoms with Crippen molar-refractivity contribution in [3.63, 3.8) is 0 Å². The molecule has 6 N–H and O–H groups in total. The molecule has 4 aliphatic rings. The second-order valence-corrected chi connectivity index (χ2v) is 13.1. The molecule has 1 saturated heterocycles. The summed E-state index contributed by atoms with van der Waals surface area (Å²) >= 11 is 0. The van der Waals surface area contributed by atoms with Gasteiger partial charge >= 0.3 is 0 Å². The van der Waals surface area contributed by atoms with E-state index in [-0.39, 0.29) is 45.8 Å². The third kappa shape index (κ3) is 4.43. The number of likely N-dealkylation sites (N-methyl/N-ethyl adjacent to an activating group) is 1. The average Bonchev–Trinajstić information content (AvgIpc) is 2.83. The summed E-state index contributed by atoms with van der Waals surface area (Å²) in [4.78, 5) is 30.6. The molecule has 0 aromatic heterocycles. The Morgan fingerprint density at radius 2 is 1.77 bits per heavy atom. The summed E-state index contributed by atoms with van der Waals surface area (Å²) in [5.74, 6) is -3.09. The lowest BCUT2D eigenvalue weighted by Crippen LogP contribution is -2.59. The summed E-state index contributed by atoms with van der Waals surface area (Å²) in [5, 5.41) is 45.2. The molecule has 5 atom stereocenters. The van der Waals surface area contributed by atoms with Gasteiger partial charge in [-0.2, -0.15) is 0 Å². The number of allylic oxidation sites excluding steroid dienone is 1. The maximum atomic E-state index is 14.0. The number of nitrogens with zero attached hydrogens (tertiary/aromatic N) is 2. The van der Waals surface area contributed by atoms with Crippen molar-refractivity contribution in [3.05, 3.63) is 51.5 Å². The number of aromatic hydroxyl groups is 1. The van der Waals surface area contributed by atoms with Gasteiger partial charge in [0.2, 0.25) is 0 Å². The maximum absolute atomic E-state index is 14.0. The van der Waals surface area contributed by atoms with Crippen LogP contribution in [0.5, 0.6) is 5.75 Å². The second-order valence-electron chi connectivity index (χ2n) is 13.1. The zero-order chi connectivity index (χ0) is 29.3. The number of hydrogen-bond donors (Lipinski definition) is 5. The van der Waals surface area contributed by atoms with E-state index in [9.17, 15) is 30.0 Å². The Labute approximate surface area is 236 Å². The highest BCUT2D eigenvalue weighted by Crippen LogP contribution is 2.55. The predicted octanol–water partition coefficient (Wildman–Crippen LogP) is 3.02. The number of aliphatic hydroxyl groups excluding tert-OH is 2. The number of piperidine rings is 1. The normalized spacial score (nSPS) is 31.4. The molecule has 3 aliphatic carbocycles. The number of primary amides is 1. The minimum Gasteiger partial charge on any atom is -0.511 e. The molecule has 1 aromatic carbocycles. The van der Waals surface area contributed by atoms with Gasteiger partial charge in [0.15, 0.2) is 5.78 Å². The van der Waals surface area contributed by atoms with Crippen LogP contribution in [-0.4, -0.2) is 87.3 Å². The molecule has 4 unspecified atom stereocenters. The van der Waals surface area contributed by atoms with E-state index in [4.69, 9.17) is 5.73 Å². The third-order valence-corrected chi connectivity index (χ3v) is 9.72. The first-order valence-corrected chi connectivity index (χ1v) is 14.4. The van der Waals surface area contributed by atoms with Gasteiger partial charge in [-0.3, -0.25) is 14.5 Å². The molecule has 1 amide bonds. The van der Waals surface area contributed by atoms with Gasteiger partial charge in [0.25, 0.3) is 5.91 Å². The van der Waals surface area contributed by atoms with Crippen LogP contribution in [0.4, 0.5) is 0 Å². The number of rotatable bonds is 5. The molecule has 5 rings (SSSR count). The first-order chi connectivity index (χ1) is 18.7. The first kappa shape index (κ1) is 28.6. The fourth-order valence-corrected chi connectivity index (χ4v) is 8.24. The Morgan fingerprint density at radius 1 is 1.12 bits per heavy atom. The molecule has 218 valence electrons. The number of aliphatic hydroxyl groups is 3. The second kappa shape index (κ2) is 10.2. The van der Waals surface area contributed by atoms with E-state index < -0.39 is 35.2 Å². The van der Waals surface area contributed by atoms with Gasteiger partial charge in [-0.1, -0.05) is 19.9 Å². The molecule has 9 nitrogen and oxygen atoms in total. The lowest BCUT2D eigenvalue weighted by Gasteiger charge is -2.52. The Bertz CT molecular complexity index is 1290. The van der Waals surface area contributed by atoms with Crippen LogP contribution in [0.3, 0.4) is 0 Å². The minimum absolute atomic E-state index is 0.112. The van der Waals surface area contributed by atoms with Crippen LogP contribution in [0.2, 0.25) is 0 Å². The molecule has 0 bridgehead atoms. The largest absolute Gasteiger partial charge is 0.511 e. The Morgan fingerprint density at radius 3 is 2.35 bits per heavy atom. The summed E-state index contributed by atoms with van der Waals surface area (Å²) in [6.07, 6.45) is 2.82. The van der Waals surface area contributed by atoms with Crippen LogP contribution >= 0.6 is 0 Å². The van der Waals surface area contributed by atoms with Crippen molar-refractivity contribution >= 4 is 11.7 Å². The monoisotopic (exact) mass is 553 g/mol. The number of carbonyl (C=O) groups excluding carboxylic acids is 2. The van der Waals surface area contributed by atoms with Crippen molar-refractivity contribution in [2.75, 3.05) is 33.7 Å². The smallest absolute Gasteiger partial charge is 0.251 e. The van der Waals surface area contributed by atoms with Crippen LogP contribution in [-0.2, 0) is 11.2 Å². The van der Waals surface area contributed by atoms with E-state index in [0.717, 1.165) is 43.6 Å². The number of phenols is 1. The van der Waals surface area contributed by atoms with Crippen molar-refractivity contribution in [1.82, 2.24) is 9.80 Å². The summed E-state index contributed by atoms with van der Waals surface area (Å²) in [7, 11) is 3.52. The molecule has 9 heteroatoms. The highest BCUT2D eigenvalue weighted by Gasteiger charge is 2.59. The van der Waals surface area contributed by atoms with Crippen LogP contribution in [0.1, 0.15) is 67.4 Å². The fraction of sp³-hybridized carbons (Fsp3) is 0.613. The average molecular weight is 554 g/mol. The summed E-state index contributed by atoms with van der Waals surface area (Å²) in [6, 6.07) is 2.86. The van der Waals surface area contributed by atoms with Crippen LogP contribution in [0.15, 0.2) is 34.8 Å². The van der Waals surface area contributed by atoms with E-state index in [1.54, 1.807) is 25.1 Å². The Balaban J connectivity index is 1.57. The molecule has 1 heterocycles. The van der Waals surface area contributed by atoms with Crippen LogP contribution in [0, 0.1) is 23.7 Å². The SMILES string of the molecule is CC(C)CN1CCC(c2ccc(O)c3c2CC2CC4C(C(O)=C2C3=O)C(C)(O)C(C(N)=O)=C(O)[C@H]4N(C)C)CC1. The summed E-state index contributed by atoms with van der Waals surface area (Å²) in [5.41, 5.74) is 5.59. The Hall–Kier alpha value is -2.88. The van der Waals surface area contributed by atoms with Crippen LogP contribution in [0.25, 0.3) is 0 Å². The number of phenolic OH excluding ortho intramolecular Hbond substituents is 1. The van der Waals surface area contributed by atoms with Crippen molar-refractivity contribution in [1.29, 1.82) is 0 Å². The topological polar surface area (TPSA) is 148 Å². The lowest BCUT2D eigenvalue weighted by atomic mass is 9.56. The minimum atomic E-state index is -1.98.